The molecule has 69 heavy (non-hydrogen) atoms. The quantitative estimate of drug-likeness (QED) is 0.0248. The van der Waals surface area contributed by atoms with Gasteiger partial charge in [-0.25, -0.2) is 18.7 Å². The molecule has 3 aliphatic heterocycles. The number of fused-ring (bicyclic) bond motifs is 4. The van der Waals surface area contributed by atoms with Crippen LogP contribution in [0.2, 0.25) is 5.02 Å². The van der Waals surface area contributed by atoms with Gasteiger partial charge in [0, 0.05) is 69.6 Å². The van der Waals surface area contributed by atoms with Gasteiger partial charge in [-0.3, -0.25) is 34.5 Å². The predicted molar refractivity (Wildman–Crippen MR) is 252 cm³/mol. The SMILES string of the molecule is NN=C(C=NCC(O)COCCOCCOCC(=O)Nc1ccc2c(c1)CN(C1CCC(=O)NC1=O)C2=O)c1ccc(Nc2ncc3c(n2)-c2ccc(Cl)cc2C(c2c(F)cccc2F)=NC3)cc1. The fourth-order valence-corrected chi connectivity index (χ4v) is 8.01. The lowest BCUT2D eigenvalue weighted by Crippen LogP contribution is -2.52. The van der Waals surface area contributed by atoms with Gasteiger partial charge in [-0.05, 0) is 66.6 Å². The van der Waals surface area contributed by atoms with E-state index in [1.807, 2.05) is 0 Å². The largest absolute Gasteiger partial charge is 0.389 e. The van der Waals surface area contributed by atoms with Crippen molar-refractivity contribution in [3.8, 4) is 11.3 Å². The van der Waals surface area contributed by atoms with Crippen LogP contribution >= 0.6 is 11.6 Å². The lowest BCUT2D eigenvalue weighted by Gasteiger charge is -2.29. The summed E-state index contributed by atoms with van der Waals surface area (Å²) in [6.07, 6.45) is 2.57. The van der Waals surface area contributed by atoms with E-state index in [1.165, 1.54) is 29.3 Å². The molecule has 21 heteroatoms. The van der Waals surface area contributed by atoms with Crippen LogP contribution in [0.5, 0.6) is 0 Å². The lowest BCUT2D eigenvalue weighted by atomic mass is 9.95. The predicted octanol–water partition coefficient (Wildman–Crippen LogP) is 4.71. The molecule has 3 aliphatic rings. The van der Waals surface area contributed by atoms with Crippen LogP contribution < -0.4 is 21.8 Å². The number of ether oxygens (including phenoxy) is 3. The monoisotopic (exact) mass is 962 g/mol. The Labute approximate surface area is 398 Å². The van der Waals surface area contributed by atoms with Gasteiger partial charge in [-0.2, -0.15) is 5.10 Å². The number of carbonyl (C=O) groups is 4. The zero-order valence-corrected chi connectivity index (χ0v) is 37.5. The number of nitrogens with two attached hydrogens (primary N) is 1. The lowest BCUT2D eigenvalue weighted by molar-refractivity contribution is -0.137. The smallest absolute Gasteiger partial charge is 0.255 e. The Balaban J connectivity index is 0.720. The number of carbonyl (C=O) groups excluding carboxylic acids is 4. The number of hydrazone groups is 1. The van der Waals surface area contributed by atoms with Crippen LogP contribution in [-0.2, 0) is 41.7 Å². The average Bonchev–Trinajstić information content (AvgIpc) is 3.56. The number of piperidine rings is 1. The van der Waals surface area contributed by atoms with Crippen LogP contribution in [-0.4, -0.2) is 120 Å². The number of aromatic nitrogens is 2. The third kappa shape index (κ3) is 11.7. The molecule has 0 bridgehead atoms. The molecule has 1 saturated heterocycles. The first-order valence-corrected chi connectivity index (χ1v) is 22.1. The summed E-state index contributed by atoms with van der Waals surface area (Å²) in [6, 6.07) is 19.9. The van der Waals surface area contributed by atoms with Crippen LogP contribution in [0.15, 0.2) is 100 Å². The Morgan fingerprint density at radius 2 is 1.68 bits per heavy atom. The number of aliphatic hydroxyl groups excluding tert-OH is 1. The molecule has 1 aromatic heterocycles. The fraction of sp³-hybridized carbons (Fsp3) is 0.271. The molecule has 18 nitrogen and oxygen atoms in total. The van der Waals surface area contributed by atoms with Gasteiger partial charge in [0.15, 0.2) is 0 Å². The zero-order valence-electron chi connectivity index (χ0n) is 36.8. The van der Waals surface area contributed by atoms with E-state index < -0.39 is 35.6 Å². The highest BCUT2D eigenvalue weighted by molar-refractivity contribution is 6.38. The van der Waals surface area contributed by atoms with Crippen molar-refractivity contribution >= 4 is 70.2 Å². The molecule has 1 fully saturated rings. The van der Waals surface area contributed by atoms with E-state index in [-0.39, 0.29) is 101 Å². The van der Waals surface area contributed by atoms with Crippen LogP contribution in [0, 0.1) is 11.6 Å². The number of imide groups is 1. The summed E-state index contributed by atoms with van der Waals surface area (Å²) in [6.45, 7) is 0.831. The Hall–Kier alpha value is -7.36. The minimum Gasteiger partial charge on any atom is -0.389 e. The van der Waals surface area contributed by atoms with Crippen molar-refractivity contribution in [1.82, 2.24) is 20.2 Å². The Morgan fingerprint density at radius 3 is 2.45 bits per heavy atom. The molecule has 4 aromatic carbocycles. The molecule has 4 heterocycles. The molecule has 2 unspecified atom stereocenters. The standard InChI is InChI=1S/C48H45ClF2N10O8/c49-30-6-10-35-36(19-30)45(43-37(50)2-1-3-38(43)51)54-20-29-21-55-48(59-44(29)35)57-31-7-4-27(5-8-31)39(60-52)23-53-22-33(62)25-68-16-14-67-15-17-69-26-42(64)56-32-9-11-34-28(18-32)24-61(47(34)66)40-12-13-41(63)58-46(40)65/h1-11,18-19,21,23,33,40,62H,12-17,20,22,24-26,52H2,(H,56,64)(H,55,57,59)(H,58,63,65). The van der Waals surface area contributed by atoms with Crippen molar-refractivity contribution in [2.24, 2.45) is 20.9 Å². The van der Waals surface area contributed by atoms with E-state index >= 15 is 0 Å². The van der Waals surface area contributed by atoms with Crippen LogP contribution in [0.25, 0.3) is 11.3 Å². The first kappa shape index (κ1) is 48.1. The minimum absolute atomic E-state index is 0.00105. The Kier molecular flexibility index (Phi) is 15.5. The number of anilines is 3. The summed E-state index contributed by atoms with van der Waals surface area (Å²) in [5.41, 5.74) is 5.32. The molecule has 4 amide bonds. The number of benzene rings is 4. The van der Waals surface area contributed by atoms with Crippen LogP contribution in [0.1, 0.15) is 51.0 Å². The molecule has 0 aliphatic carbocycles. The summed E-state index contributed by atoms with van der Waals surface area (Å²) in [5.74, 6) is 2.90. The molecular formula is C48H45ClF2N10O8. The van der Waals surface area contributed by atoms with Crippen molar-refractivity contribution < 1.29 is 47.3 Å². The number of rotatable bonds is 19. The third-order valence-electron chi connectivity index (χ3n) is 11.2. The summed E-state index contributed by atoms with van der Waals surface area (Å²) >= 11 is 6.35. The molecular weight excluding hydrogens is 918 g/mol. The summed E-state index contributed by atoms with van der Waals surface area (Å²) < 4.78 is 46.3. The van der Waals surface area contributed by atoms with Gasteiger partial charge >= 0.3 is 0 Å². The van der Waals surface area contributed by atoms with E-state index in [1.54, 1.807) is 66.9 Å². The first-order valence-electron chi connectivity index (χ1n) is 21.7. The molecule has 0 saturated carbocycles. The van der Waals surface area contributed by atoms with E-state index in [2.05, 4.69) is 36.0 Å². The molecule has 8 rings (SSSR count). The van der Waals surface area contributed by atoms with Crippen molar-refractivity contribution in [3.63, 3.8) is 0 Å². The topological polar surface area (TPSA) is 244 Å². The number of nitrogens with one attached hydrogen (secondary N) is 3. The number of hydrogen-bond acceptors (Lipinski definition) is 15. The number of aliphatic hydroxyl groups is 1. The van der Waals surface area contributed by atoms with E-state index in [9.17, 15) is 33.1 Å². The summed E-state index contributed by atoms with van der Waals surface area (Å²) in [5, 5.41) is 22.8. The molecule has 356 valence electrons. The highest BCUT2D eigenvalue weighted by atomic mass is 35.5. The normalized spacial score (nSPS) is 16.1. The maximum atomic E-state index is 14.9. The first-order chi connectivity index (χ1) is 33.4. The second-order valence-corrected chi connectivity index (χ2v) is 16.4. The van der Waals surface area contributed by atoms with E-state index in [0.717, 1.165) is 0 Å². The number of halogens is 3. The van der Waals surface area contributed by atoms with Crippen molar-refractivity contribution in [2.45, 2.75) is 38.1 Å². The maximum absolute atomic E-state index is 14.9. The van der Waals surface area contributed by atoms with Crippen molar-refractivity contribution in [3.05, 3.63) is 135 Å². The van der Waals surface area contributed by atoms with Gasteiger partial charge in [0.1, 0.15) is 30.0 Å². The second kappa shape index (κ2) is 22.2. The Bertz CT molecular complexity index is 2850. The van der Waals surface area contributed by atoms with Crippen LogP contribution in [0.3, 0.4) is 0 Å². The number of aliphatic imine (C=N–C) groups is 2. The van der Waals surface area contributed by atoms with Gasteiger partial charge in [-0.15, -0.1) is 0 Å². The van der Waals surface area contributed by atoms with Gasteiger partial charge in [0.25, 0.3) is 5.91 Å². The maximum Gasteiger partial charge on any atom is 0.255 e. The average molecular weight is 963 g/mol. The molecule has 0 radical (unpaired) electrons. The van der Waals surface area contributed by atoms with Gasteiger partial charge in [-0.1, -0.05) is 35.9 Å². The highest BCUT2D eigenvalue weighted by Crippen LogP contribution is 2.35. The molecule has 0 spiro atoms. The van der Waals surface area contributed by atoms with E-state index in [4.69, 9.17) is 36.6 Å². The molecule has 5 aromatic rings. The summed E-state index contributed by atoms with van der Waals surface area (Å²) in [4.78, 5) is 68.7. The van der Waals surface area contributed by atoms with Crippen molar-refractivity contribution in [1.29, 1.82) is 0 Å². The Morgan fingerprint density at radius 1 is 0.942 bits per heavy atom. The highest BCUT2D eigenvalue weighted by Gasteiger charge is 2.39. The van der Waals surface area contributed by atoms with Crippen molar-refractivity contribution in [2.75, 3.05) is 56.8 Å². The summed E-state index contributed by atoms with van der Waals surface area (Å²) in [7, 11) is 0. The second-order valence-electron chi connectivity index (χ2n) is 15.9. The molecule has 2 atom stereocenters. The van der Waals surface area contributed by atoms with Gasteiger partial charge < -0.3 is 40.7 Å². The fourth-order valence-electron chi connectivity index (χ4n) is 7.84. The number of hydrogen-bond donors (Lipinski definition) is 5. The number of amides is 4. The van der Waals surface area contributed by atoms with E-state index in [0.29, 0.717) is 61.2 Å². The molecule has 6 N–H and O–H groups in total. The number of nitrogens with zero attached hydrogens (tertiary/aromatic N) is 6. The zero-order chi connectivity index (χ0) is 48.4. The van der Waals surface area contributed by atoms with Gasteiger partial charge in [0.2, 0.25) is 23.7 Å². The van der Waals surface area contributed by atoms with Crippen LogP contribution in [0.4, 0.5) is 26.1 Å². The minimum atomic E-state index is -0.909. The van der Waals surface area contributed by atoms with Gasteiger partial charge in [0.05, 0.1) is 69.2 Å². The third-order valence-corrected chi connectivity index (χ3v) is 11.4.